The number of nitrogens with one attached hydrogen (secondary N) is 1. The normalized spacial score (nSPS) is 16.9. The van der Waals surface area contributed by atoms with Gasteiger partial charge in [0.1, 0.15) is 5.76 Å². The molecule has 0 bridgehead atoms. The number of furan rings is 1. The topological polar surface area (TPSA) is 115 Å². The van der Waals surface area contributed by atoms with Crippen molar-refractivity contribution in [2.75, 3.05) is 32.8 Å². The van der Waals surface area contributed by atoms with Crippen LogP contribution in [0.4, 0.5) is 5.69 Å². The molecule has 1 atom stereocenters. The summed E-state index contributed by atoms with van der Waals surface area (Å²) in [5, 5.41) is 11.0. The van der Waals surface area contributed by atoms with Crippen LogP contribution in [-0.2, 0) is 14.8 Å². The maximum atomic E-state index is 12.8. The van der Waals surface area contributed by atoms with Crippen molar-refractivity contribution in [2.24, 2.45) is 0 Å². The fraction of sp³-hybridized carbons (Fsp3) is 0.412. The summed E-state index contributed by atoms with van der Waals surface area (Å²) in [6.45, 7) is 4.12. The number of nitrogens with zero attached hydrogens (tertiary/aromatic N) is 2. The number of benzene rings is 1. The largest absolute Gasteiger partial charge is 0.468 e. The summed E-state index contributed by atoms with van der Waals surface area (Å²) in [5.74, 6) is 0.648. The minimum Gasteiger partial charge on any atom is -0.468 e. The molecule has 0 amide bonds. The van der Waals surface area contributed by atoms with Crippen molar-refractivity contribution in [3.63, 3.8) is 0 Å². The van der Waals surface area contributed by atoms with E-state index in [1.165, 1.54) is 12.1 Å². The molecule has 1 aromatic heterocycles. The molecule has 3 rings (SSSR count). The lowest BCUT2D eigenvalue weighted by Gasteiger charge is -2.33. The van der Waals surface area contributed by atoms with Gasteiger partial charge in [0, 0.05) is 31.8 Å². The van der Waals surface area contributed by atoms with E-state index in [9.17, 15) is 18.5 Å². The summed E-state index contributed by atoms with van der Waals surface area (Å²) in [6, 6.07) is 7.05. The first-order valence-corrected chi connectivity index (χ1v) is 9.97. The lowest BCUT2D eigenvalue weighted by molar-refractivity contribution is -0.385. The van der Waals surface area contributed by atoms with Crippen LogP contribution < -0.4 is 4.72 Å². The van der Waals surface area contributed by atoms with Crippen molar-refractivity contribution in [3.8, 4) is 0 Å². The second-order valence-corrected chi connectivity index (χ2v) is 7.97. The van der Waals surface area contributed by atoms with Gasteiger partial charge in [0.25, 0.3) is 5.69 Å². The third kappa shape index (κ3) is 4.53. The van der Waals surface area contributed by atoms with Gasteiger partial charge in [0.15, 0.2) is 0 Å². The number of non-ortho nitro benzene ring substituents is 1. The molecule has 1 aromatic carbocycles. The van der Waals surface area contributed by atoms with E-state index in [1.54, 1.807) is 25.3 Å². The minimum atomic E-state index is -3.93. The van der Waals surface area contributed by atoms with Crippen LogP contribution in [0.2, 0.25) is 0 Å². The Morgan fingerprint density at radius 3 is 2.67 bits per heavy atom. The highest BCUT2D eigenvalue weighted by atomic mass is 32.2. The van der Waals surface area contributed by atoms with Gasteiger partial charge < -0.3 is 9.15 Å². The average Bonchev–Trinajstić information content (AvgIpc) is 3.17. The van der Waals surface area contributed by atoms with Gasteiger partial charge in [-0.15, -0.1) is 0 Å². The number of hydrogen-bond acceptors (Lipinski definition) is 7. The number of hydrogen-bond donors (Lipinski definition) is 1. The fourth-order valence-electron chi connectivity index (χ4n) is 3.04. The molecule has 1 aliphatic heterocycles. The molecule has 0 spiro atoms. The number of aryl methyl sites for hydroxylation is 1. The highest BCUT2D eigenvalue weighted by molar-refractivity contribution is 7.89. The van der Waals surface area contributed by atoms with E-state index >= 15 is 0 Å². The molecule has 1 fully saturated rings. The predicted octanol–water partition coefficient (Wildman–Crippen LogP) is 1.85. The van der Waals surface area contributed by atoms with Gasteiger partial charge in [-0.1, -0.05) is 6.07 Å². The Labute approximate surface area is 157 Å². The summed E-state index contributed by atoms with van der Waals surface area (Å²) < 4.78 is 39.0. The third-order valence-electron chi connectivity index (χ3n) is 4.50. The van der Waals surface area contributed by atoms with Crippen molar-refractivity contribution >= 4 is 15.7 Å². The van der Waals surface area contributed by atoms with E-state index < -0.39 is 14.9 Å². The highest BCUT2D eigenvalue weighted by Gasteiger charge is 2.28. The SMILES string of the molecule is Cc1ccc([N+](=O)[O-])cc1S(=O)(=O)NCC(c1ccco1)N1CCOCC1. The molecule has 1 unspecified atom stereocenters. The van der Waals surface area contributed by atoms with Gasteiger partial charge in [-0.05, 0) is 24.6 Å². The van der Waals surface area contributed by atoms with Crippen LogP contribution in [-0.4, -0.2) is 51.1 Å². The molecule has 2 heterocycles. The van der Waals surface area contributed by atoms with Crippen molar-refractivity contribution in [2.45, 2.75) is 17.9 Å². The van der Waals surface area contributed by atoms with Crippen molar-refractivity contribution < 1.29 is 22.5 Å². The molecule has 1 saturated heterocycles. The second kappa shape index (κ2) is 8.17. The number of sulfonamides is 1. The fourth-order valence-corrected chi connectivity index (χ4v) is 4.34. The summed E-state index contributed by atoms with van der Waals surface area (Å²) in [7, 11) is -3.93. The third-order valence-corrected chi connectivity index (χ3v) is 6.06. The molecule has 0 saturated carbocycles. The molecule has 2 aromatic rings. The molecule has 9 nitrogen and oxygen atoms in total. The van der Waals surface area contributed by atoms with Crippen LogP contribution in [0.5, 0.6) is 0 Å². The van der Waals surface area contributed by atoms with Crippen LogP contribution in [0.25, 0.3) is 0 Å². The number of nitro benzene ring substituents is 1. The first-order chi connectivity index (χ1) is 12.9. The summed E-state index contributed by atoms with van der Waals surface area (Å²) in [6.07, 6.45) is 1.54. The second-order valence-electron chi connectivity index (χ2n) is 6.24. The van der Waals surface area contributed by atoms with Crippen molar-refractivity contribution in [1.82, 2.24) is 9.62 Å². The van der Waals surface area contributed by atoms with E-state index in [0.717, 1.165) is 6.07 Å². The maximum Gasteiger partial charge on any atom is 0.270 e. The molecule has 1 N–H and O–H groups in total. The van der Waals surface area contributed by atoms with E-state index in [4.69, 9.17) is 9.15 Å². The zero-order valence-corrected chi connectivity index (χ0v) is 15.6. The Morgan fingerprint density at radius 1 is 1.30 bits per heavy atom. The molecular formula is C17H21N3O6S. The molecule has 146 valence electrons. The Hall–Kier alpha value is -2.27. The summed E-state index contributed by atoms with van der Waals surface area (Å²) in [4.78, 5) is 12.4. The van der Waals surface area contributed by atoms with Crippen molar-refractivity contribution in [1.29, 1.82) is 0 Å². The smallest absolute Gasteiger partial charge is 0.270 e. The first-order valence-electron chi connectivity index (χ1n) is 8.48. The maximum absolute atomic E-state index is 12.8. The molecule has 27 heavy (non-hydrogen) atoms. The first kappa shape index (κ1) is 19.5. The molecule has 0 aliphatic carbocycles. The summed E-state index contributed by atoms with van der Waals surface area (Å²) in [5.41, 5.74) is 0.172. The van der Waals surface area contributed by atoms with E-state index in [1.807, 2.05) is 0 Å². The van der Waals surface area contributed by atoms with Gasteiger partial charge in [-0.3, -0.25) is 15.0 Å². The lowest BCUT2D eigenvalue weighted by atomic mass is 10.2. The quantitative estimate of drug-likeness (QED) is 0.562. The van der Waals surface area contributed by atoms with Crippen molar-refractivity contribution in [3.05, 3.63) is 58.0 Å². The van der Waals surface area contributed by atoms with Crippen LogP contribution in [0.15, 0.2) is 45.9 Å². The Bertz CT molecular complexity index is 891. The summed E-state index contributed by atoms with van der Waals surface area (Å²) >= 11 is 0. The Kier molecular flexibility index (Phi) is 5.90. The van der Waals surface area contributed by atoms with Crippen LogP contribution in [0.1, 0.15) is 17.4 Å². The number of ether oxygens (including phenoxy) is 1. The van der Waals surface area contributed by atoms with E-state index in [-0.39, 0.29) is 23.2 Å². The van der Waals surface area contributed by atoms with Gasteiger partial charge in [-0.25, -0.2) is 13.1 Å². The Morgan fingerprint density at radius 2 is 2.04 bits per heavy atom. The van der Waals surface area contributed by atoms with Crippen LogP contribution in [0, 0.1) is 17.0 Å². The minimum absolute atomic E-state index is 0.0813. The molecule has 1 aliphatic rings. The number of rotatable bonds is 7. The average molecular weight is 395 g/mol. The predicted molar refractivity (Wildman–Crippen MR) is 96.9 cm³/mol. The number of nitro groups is 1. The van der Waals surface area contributed by atoms with Gasteiger partial charge in [-0.2, -0.15) is 0 Å². The highest BCUT2D eigenvalue weighted by Crippen LogP contribution is 2.24. The molecular weight excluding hydrogens is 374 g/mol. The molecule has 0 radical (unpaired) electrons. The lowest BCUT2D eigenvalue weighted by Crippen LogP contribution is -2.43. The zero-order valence-electron chi connectivity index (χ0n) is 14.8. The zero-order chi connectivity index (χ0) is 19.4. The monoisotopic (exact) mass is 395 g/mol. The standard InChI is InChI=1S/C17H21N3O6S/c1-13-4-5-14(20(21)22)11-17(13)27(23,24)18-12-15(16-3-2-8-26-16)19-6-9-25-10-7-19/h2-5,8,11,15,18H,6-7,9-10,12H2,1H3. The number of morpholine rings is 1. The molecule has 10 heteroatoms. The van der Waals surface area contributed by atoms with E-state index in [0.29, 0.717) is 37.6 Å². The van der Waals surface area contributed by atoms with E-state index in [2.05, 4.69) is 9.62 Å². The van der Waals surface area contributed by atoms with Gasteiger partial charge in [0.05, 0.1) is 35.3 Å². The van der Waals surface area contributed by atoms with Crippen LogP contribution in [0.3, 0.4) is 0 Å². The van der Waals surface area contributed by atoms with Gasteiger partial charge in [0.2, 0.25) is 10.0 Å². The Balaban J connectivity index is 1.82. The van der Waals surface area contributed by atoms with Gasteiger partial charge >= 0.3 is 0 Å². The van der Waals surface area contributed by atoms with Crippen LogP contribution >= 0.6 is 0 Å².